The van der Waals surface area contributed by atoms with Gasteiger partial charge in [0.2, 0.25) is 5.91 Å². The van der Waals surface area contributed by atoms with Gasteiger partial charge in [0.05, 0.1) is 11.6 Å². The van der Waals surface area contributed by atoms with Crippen molar-refractivity contribution in [3.05, 3.63) is 38.9 Å². The minimum atomic E-state index is -0.582. The maximum absolute atomic E-state index is 14.0. The van der Waals surface area contributed by atoms with Crippen LogP contribution in [0.4, 0.5) is 4.39 Å². The molecular weight excluding hydrogens is 457 g/mol. The molecule has 2 aromatic heterocycles. The van der Waals surface area contributed by atoms with Crippen LogP contribution in [0.15, 0.2) is 21.9 Å². The number of carbonyl (C=O) groups excluding carboxylic acids is 1. The van der Waals surface area contributed by atoms with E-state index in [9.17, 15) is 18.8 Å². The van der Waals surface area contributed by atoms with Gasteiger partial charge in [0.1, 0.15) is 11.5 Å². The summed E-state index contributed by atoms with van der Waals surface area (Å²) >= 11 is 1.85. The molecule has 3 heterocycles. The summed E-state index contributed by atoms with van der Waals surface area (Å²) in [5, 5.41) is 3.27. The van der Waals surface area contributed by atoms with Crippen molar-refractivity contribution >= 4 is 28.7 Å². The number of hydrogen-bond acceptors (Lipinski definition) is 6. The van der Waals surface area contributed by atoms with Gasteiger partial charge in [-0.2, -0.15) is 11.8 Å². The first-order valence-corrected chi connectivity index (χ1v) is 13.3. The molecule has 2 aliphatic rings. The molecular formula is C24H34FN5O3S. The minimum absolute atomic E-state index is 0.0427. The molecule has 2 aromatic rings. The van der Waals surface area contributed by atoms with Gasteiger partial charge in [-0.25, -0.2) is 14.2 Å². The van der Waals surface area contributed by atoms with E-state index in [0.29, 0.717) is 32.1 Å². The lowest BCUT2D eigenvalue weighted by molar-refractivity contribution is -0.122. The zero-order chi connectivity index (χ0) is 24.2. The first-order chi connectivity index (χ1) is 16.3. The Morgan fingerprint density at radius 1 is 1.12 bits per heavy atom. The lowest BCUT2D eigenvalue weighted by Crippen LogP contribution is -2.46. The van der Waals surface area contributed by atoms with E-state index >= 15 is 0 Å². The topological polar surface area (TPSA) is 89.2 Å². The number of halogens is 1. The maximum Gasteiger partial charge on any atom is 0.333 e. The van der Waals surface area contributed by atoms with E-state index in [4.69, 9.17) is 0 Å². The van der Waals surface area contributed by atoms with Crippen LogP contribution in [0.3, 0.4) is 0 Å². The summed E-state index contributed by atoms with van der Waals surface area (Å²) in [5.74, 6) is 1.35. The van der Waals surface area contributed by atoms with Gasteiger partial charge < -0.3 is 10.2 Å². The van der Waals surface area contributed by atoms with Crippen molar-refractivity contribution in [3.63, 3.8) is 0 Å². The standard InChI is InChI=1S/C24H34FN5O3S/c1-28(2)11-3-4-21(31)27-17-5-7-18(8-6-17)30-23(32)20-14-16(25)15-26-22(20)29(24(30)33)19-9-12-34-13-10-19/h14-15,17-19H,3-13H2,1-2H3,(H,27,31). The number of thioether (sulfide) groups is 1. The van der Waals surface area contributed by atoms with Crippen molar-refractivity contribution < 1.29 is 9.18 Å². The highest BCUT2D eigenvalue weighted by Gasteiger charge is 2.29. The number of amides is 1. The number of hydrogen-bond donors (Lipinski definition) is 1. The van der Waals surface area contributed by atoms with Gasteiger partial charge in [0.15, 0.2) is 0 Å². The predicted octanol–water partition coefficient (Wildman–Crippen LogP) is 2.71. The Bertz CT molecular complexity index is 1130. The summed E-state index contributed by atoms with van der Waals surface area (Å²) in [5.41, 5.74) is -0.530. The second kappa shape index (κ2) is 11.0. The molecule has 1 saturated heterocycles. The molecule has 186 valence electrons. The fraction of sp³-hybridized carbons (Fsp3) is 0.667. The van der Waals surface area contributed by atoms with Crippen LogP contribution in [-0.4, -0.2) is 63.1 Å². The van der Waals surface area contributed by atoms with E-state index in [0.717, 1.165) is 43.5 Å². The smallest absolute Gasteiger partial charge is 0.333 e. The van der Waals surface area contributed by atoms with Crippen molar-refractivity contribution in [2.75, 3.05) is 32.1 Å². The SMILES string of the molecule is CN(C)CCCC(=O)NC1CCC(n2c(=O)c3cc(F)cnc3n(C3CCSCC3)c2=O)CC1. The summed E-state index contributed by atoms with van der Waals surface area (Å²) in [6.07, 6.45) is 6.67. The number of fused-ring (bicyclic) bond motifs is 1. The number of nitrogens with zero attached hydrogens (tertiary/aromatic N) is 4. The molecule has 0 bridgehead atoms. The average Bonchev–Trinajstić information content (AvgIpc) is 2.81. The Labute approximate surface area is 202 Å². The lowest BCUT2D eigenvalue weighted by atomic mass is 9.90. The highest BCUT2D eigenvalue weighted by Crippen LogP contribution is 2.30. The number of nitrogens with one attached hydrogen (secondary N) is 1. The minimum Gasteiger partial charge on any atom is -0.353 e. The van der Waals surface area contributed by atoms with Crippen molar-refractivity contribution in [2.45, 2.75) is 69.5 Å². The normalized spacial score (nSPS) is 21.8. The van der Waals surface area contributed by atoms with Crippen LogP contribution < -0.4 is 16.6 Å². The van der Waals surface area contributed by atoms with Gasteiger partial charge in [0, 0.05) is 24.5 Å². The van der Waals surface area contributed by atoms with Crippen LogP contribution >= 0.6 is 11.8 Å². The second-order valence-electron chi connectivity index (χ2n) is 9.68. The van der Waals surface area contributed by atoms with E-state index in [2.05, 4.69) is 15.2 Å². The number of aromatic nitrogens is 3. The second-order valence-corrected chi connectivity index (χ2v) is 10.9. The van der Waals surface area contributed by atoms with Gasteiger partial charge in [0.25, 0.3) is 5.56 Å². The number of carbonyl (C=O) groups is 1. The third kappa shape index (κ3) is 5.54. The van der Waals surface area contributed by atoms with Gasteiger partial charge >= 0.3 is 5.69 Å². The summed E-state index contributed by atoms with van der Waals surface area (Å²) in [6, 6.07) is 0.947. The molecule has 0 aromatic carbocycles. The van der Waals surface area contributed by atoms with E-state index < -0.39 is 11.4 Å². The zero-order valence-corrected chi connectivity index (χ0v) is 20.8. The molecule has 1 aliphatic carbocycles. The number of pyridine rings is 1. The molecule has 2 fully saturated rings. The molecule has 0 spiro atoms. The molecule has 1 aliphatic heterocycles. The van der Waals surface area contributed by atoms with Crippen molar-refractivity contribution in [1.82, 2.24) is 24.3 Å². The third-order valence-corrected chi connectivity index (χ3v) is 7.96. The molecule has 0 unspecified atom stereocenters. The largest absolute Gasteiger partial charge is 0.353 e. The van der Waals surface area contributed by atoms with Crippen molar-refractivity contribution in [1.29, 1.82) is 0 Å². The van der Waals surface area contributed by atoms with E-state index in [-0.39, 0.29) is 40.8 Å². The summed E-state index contributed by atoms with van der Waals surface area (Å²) in [6.45, 7) is 0.868. The first kappa shape index (κ1) is 24.9. The van der Waals surface area contributed by atoms with Gasteiger partial charge in [-0.15, -0.1) is 0 Å². The molecule has 4 rings (SSSR count). The molecule has 10 heteroatoms. The van der Waals surface area contributed by atoms with E-state index in [1.165, 1.54) is 10.6 Å². The Balaban J connectivity index is 1.55. The molecule has 0 atom stereocenters. The Kier molecular flexibility index (Phi) is 8.08. The summed E-state index contributed by atoms with van der Waals surface area (Å²) < 4.78 is 17.0. The summed E-state index contributed by atoms with van der Waals surface area (Å²) in [7, 11) is 3.97. The van der Waals surface area contributed by atoms with Crippen LogP contribution in [0.1, 0.15) is 63.5 Å². The highest BCUT2D eigenvalue weighted by atomic mass is 32.2. The van der Waals surface area contributed by atoms with Crippen LogP contribution in [0.2, 0.25) is 0 Å². The Morgan fingerprint density at radius 3 is 2.47 bits per heavy atom. The molecule has 34 heavy (non-hydrogen) atoms. The van der Waals surface area contributed by atoms with E-state index in [1.54, 1.807) is 4.57 Å². The van der Waals surface area contributed by atoms with Crippen LogP contribution in [0, 0.1) is 5.82 Å². The monoisotopic (exact) mass is 491 g/mol. The Hall–Kier alpha value is -2.20. The lowest BCUT2D eigenvalue weighted by Gasteiger charge is -2.31. The number of rotatable bonds is 7. The quantitative estimate of drug-likeness (QED) is 0.641. The van der Waals surface area contributed by atoms with Crippen LogP contribution in [-0.2, 0) is 4.79 Å². The average molecular weight is 492 g/mol. The third-order valence-electron chi connectivity index (χ3n) is 6.91. The zero-order valence-electron chi connectivity index (χ0n) is 20.0. The molecule has 1 saturated carbocycles. The van der Waals surface area contributed by atoms with Crippen molar-refractivity contribution in [3.8, 4) is 0 Å². The molecule has 1 amide bonds. The predicted molar refractivity (Wildman–Crippen MR) is 133 cm³/mol. The highest BCUT2D eigenvalue weighted by molar-refractivity contribution is 7.99. The van der Waals surface area contributed by atoms with Gasteiger partial charge in [-0.05, 0) is 83.2 Å². The van der Waals surface area contributed by atoms with Crippen LogP contribution in [0.5, 0.6) is 0 Å². The summed E-state index contributed by atoms with van der Waals surface area (Å²) in [4.78, 5) is 45.4. The van der Waals surface area contributed by atoms with E-state index in [1.807, 2.05) is 25.9 Å². The fourth-order valence-corrected chi connectivity index (χ4v) is 6.21. The molecule has 0 radical (unpaired) electrons. The molecule has 8 nitrogen and oxygen atoms in total. The van der Waals surface area contributed by atoms with Crippen molar-refractivity contribution in [2.24, 2.45) is 0 Å². The van der Waals surface area contributed by atoms with Gasteiger partial charge in [-0.3, -0.25) is 18.7 Å². The fourth-order valence-electron chi connectivity index (χ4n) is 5.13. The van der Waals surface area contributed by atoms with Crippen LogP contribution in [0.25, 0.3) is 11.0 Å². The van der Waals surface area contributed by atoms with Gasteiger partial charge in [-0.1, -0.05) is 0 Å². The Morgan fingerprint density at radius 2 is 1.79 bits per heavy atom. The maximum atomic E-state index is 14.0. The first-order valence-electron chi connectivity index (χ1n) is 12.2. The molecule has 1 N–H and O–H groups in total.